The Morgan fingerprint density at radius 3 is 2.11 bits per heavy atom. The quantitative estimate of drug-likeness (QED) is 0.788. The van der Waals surface area contributed by atoms with Crippen LogP contribution in [-0.2, 0) is 14.4 Å². The zero-order chi connectivity index (χ0) is 19.4. The van der Waals surface area contributed by atoms with E-state index in [-0.39, 0.29) is 17.7 Å². The Labute approximate surface area is 158 Å². The van der Waals surface area contributed by atoms with Gasteiger partial charge in [0.1, 0.15) is 0 Å². The van der Waals surface area contributed by atoms with E-state index in [4.69, 9.17) is 0 Å². The molecule has 0 unspecified atom stereocenters. The second-order valence-corrected chi connectivity index (χ2v) is 7.81. The number of amides is 3. The summed E-state index contributed by atoms with van der Waals surface area (Å²) < 4.78 is 0. The van der Waals surface area contributed by atoms with Crippen LogP contribution in [0.1, 0.15) is 20.3 Å². The van der Waals surface area contributed by atoms with Crippen molar-refractivity contribution >= 4 is 29.1 Å². The van der Waals surface area contributed by atoms with Crippen molar-refractivity contribution < 1.29 is 14.4 Å². The number of fused-ring (bicyclic) bond motifs is 1. The van der Waals surface area contributed by atoms with Gasteiger partial charge in [-0.2, -0.15) is 0 Å². The summed E-state index contributed by atoms with van der Waals surface area (Å²) in [6.45, 7) is 3.57. The molecule has 1 saturated carbocycles. The van der Waals surface area contributed by atoms with Crippen LogP contribution in [0.4, 0.5) is 11.4 Å². The van der Waals surface area contributed by atoms with E-state index in [1.807, 2.05) is 43.3 Å². The lowest BCUT2D eigenvalue weighted by molar-refractivity contribution is -0.166. The van der Waals surface area contributed by atoms with Crippen molar-refractivity contribution in [2.45, 2.75) is 20.3 Å². The Kier molecular flexibility index (Phi) is 3.74. The maximum absolute atomic E-state index is 13.3. The number of carbonyl (C=O) groups excluding carboxylic acids is 3. The Bertz CT molecular complexity index is 927. The van der Waals surface area contributed by atoms with Crippen LogP contribution in [0.3, 0.4) is 0 Å². The van der Waals surface area contributed by atoms with Crippen LogP contribution in [0.5, 0.6) is 0 Å². The number of para-hydroxylation sites is 2. The van der Waals surface area contributed by atoms with Crippen LogP contribution in [0, 0.1) is 16.7 Å². The first-order valence-electron chi connectivity index (χ1n) is 9.09. The van der Waals surface area contributed by atoms with Crippen molar-refractivity contribution in [3.05, 3.63) is 60.7 Å². The van der Waals surface area contributed by atoms with Gasteiger partial charge in [-0.3, -0.25) is 14.4 Å². The van der Waals surface area contributed by atoms with Crippen molar-refractivity contribution in [3.63, 3.8) is 0 Å². The van der Waals surface area contributed by atoms with E-state index in [9.17, 15) is 14.4 Å². The molecule has 1 aliphatic heterocycles. The first-order valence-corrected chi connectivity index (χ1v) is 9.09. The van der Waals surface area contributed by atoms with Crippen molar-refractivity contribution in [2.75, 3.05) is 16.8 Å². The average molecular weight is 362 g/mol. The van der Waals surface area contributed by atoms with E-state index >= 15 is 0 Å². The monoisotopic (exact) mass is 362 g/mol. The molecule has 2 aromatic rings. The number of anilines is 2. The van der Waals surface area contributed by atoms with Crippen LogP contribution >= 0.6 is 0 Å². The van der Waals surface area contributed by atoms with Gasteiger partial charge in [0.2, 0.25) is 17.7 Å². The van der Waals surface area contributed by atoms with Gasteiger partial charge in [-0.25, -0.2) is 4.90 Å². The molecule has 1 heterocycles. The topological polar surface area (TPSA) is 57.7 Å². The molecule has 1 aliphatic carbocycles. The number of nitrogens with zero attached hydrogens (tertiary/aromatic N) is 2. The summed E-state index contributed by atoms with van der Waals surface area (Å²) in [4.78, 5) is 42.4. The molecule has 2 aliphatic rings. The minimum Gasteiger partial charge on any atom is -0.315 e. The maximum atomic E-state index is 13.3. The standard InChI is InChI=1S/C22H22N2O3/c1-21-14-17(18(25)23(3)15-10-6-4-7-11-15)22(21,2)20(27)24(19(21)26)16-12-8-5-9-13-16/h4-13,17H,14H2,1-3H3/t17-,21-,22+/m1/s1. The van der Waals surface area contributed by atoms with Gasteiger partial charge in [-0.1, -0.05) is 36.4 Å². The molecule has 4 rings (SSSR count). The first kappa shape index (κ1) is 17.5. The van der Waals surface area contributed by atoms with Gasteiger partial charge >= 0.3 is 0 Å². The zero-order valence-electron chi connectivity index (χ0n) is 15.7. The van der Waals surface area contributed by atoms with E-state index in [0.717, 1.165) is 5.69 Å². The summed E-state index contributed by atoms with van der Waals surface area (Å²) in [6, 6.07) is 18.3. The highest BCUT2D eigenvalue weighted by atomic mass is 16.2. The van der Waals surface area contributed by atoms with E-state index in [0.29, 0.717) is 12.1 Å². The second-order valence-electron chi connectivity index (χ2n) is 7.81. The van der Waals surface area contributed by atoms with Crippen LogP contribution in [0.15, 0.2) is 60.7 Å². The van der Waals surface area contributed by atoms with Gasteiger partial charge in [-0.15, -0.1) is 0 Å². The van der Waals surface area contributed by atoms with Crippen molar-refractivity contribution in [2.24, 2.45) is 16.7 Å². The lowest BCUT2D eigenvalue weighted by Crippen LogP contribution is -2.62. The molecule has 0 N–H and O–H groups in total. The lowest BCUT2D eigenvalue weighted by Gasteiger charge is -2.53. The number of carbonyl (C=O) groups is 3. The highest BCUT2D eigenvalue weighted by Gasteiger charge is 2.76. The Morgan fingerprint density at radius 1 is 0.963 bits per heavy atom. The molecular formula is C22H22N2O3. The second kappa shape index (κ2) is 5.78. The number of hydrogen-bond acceptors (Lipinski definition) is 3. The summed E-state index contributed by atoms with van der Waals surface area (Å²) >= 11 is 0. The molecule has 0 radical (unpaired) electrons. The molecule has 2 fully saturated rings. The summed E-state index contributed by atoms with van der Waals surface area (Å²) in [6.07, 6.45) is 0.382. The van der Waals surface area contributed by atoms with Crippen LogP contribution in [-0.4, -0.2) is 24.8 Å². The van der Waals surface area contributed by atoms with Gasteiger partial charge in [0.05, 0.1) is 22.4 Å². The van der Waals surface area contributed by atoms with Crippen molar-refractivity contribution in [1.82, 2.24) is 0 Å². The SMILES string of the molecule is CN(C(=O)[C@H]1C[C@]2(C)C(=O)N(c3ccccc3)C(=O)[C@]12C)c1ccccc1. The summed E-state index contributed by atoms with van der Waals surface area (Å²) in [5.41, 5.74) is -0.541. The minimum absolute atomic E-state index is 0.128. The number of imide groups is 1. The summed E-state index contributed by atoms with van der Waals surface area (Å²) in [5, 5.41) is 0. The Morgan fingerprint density at radius 2 is 1.52 bits per heavy atom. The average Bonchev–Trinajstić information content (AvgIpc) is 2.80. The van der Waals surface area contributed by atoms with Crippen LogP contribution in [0.2, 0.25) is 0 Å². The summed E-state index contributed by atoms with van der Waals surface area (Å²) in [7, 11) is 1.72. The molecule has 0 bridgehead atoms. The van der Waals surface area contributed by atoms with E-state index in [1.54, 1.807) is 43.1 Å². The summed E-state index contributed by atoms with van der Waals surface area (Å²) in [5.74, 6) is -1.14. The van der Waals surface area contributed by atoms with Gasteiger partial charge < -0.3 is 4.90 Å². The molecule has 0 aromatic heterocycles. The fourth-order valence-electron chi connectivity index (χ4n) is 4.50. The number of benzene rings is 2. The molecular weight excluding hydrogens is 340 g/mol. The van der Waals surface area contributed by atoms with E-state index in [2.05, 4.69) is 0 Å². The fourth-order valence-corrected chi connectivity index (χ4v) is 4.50. The lowest BCUT2D eigenvalue weighted by atomic mass is 9.46. The molecule has 27 heavy (non-hydrogen) atoms. The van der Waals surface area contributed by atoms with Crippen molar-refractivity contribution in [1.29, 1.82) is 0 Å². The molecule has 2 aromatic carbocycles. The highest BCUT2D eigenvalue weighted by molar-refractivity contribution is 6.27. The molecule has 0 spiro atoms. The first-order chi connectivity index (χ1) is 12.8. The predicted octanol–water partition coefficient (Wildman–Crippen LogP) is 3.26. The largest absolute Gasteiger partial charge is 0.315 e. The van der Waals surface area contributed by atoms with Crippen LogP contribution < -0.4 is 9.80 Å². The van der Waals surface area contributed by atoms with Gasteiger partial charge in [0, 0.05) is 12.7 Å². The molecule has 5 nitrogen and oxygen atoms in total. The molecule has 3 amide bonds. The molecule has 138 valence electrons. The normalized spacial score (nSPS) is 29.3. The minimum atomic E-state index is -1.03. The maximum Gasteiger partial charge on any atom is 0.241 e. The zero-order valence-corrected chi connectivity index (χ0v) is 15.7. The van der Waals surface area contributed by atoms with E-state index in [1.165, 1.54) is 4.90 Å². The van der Waals surface area contributed by atoms with Crippen LogP contribution in [0.25, 0.3) is 0 Å². The van der Waals surface area contributed by atoms with Crippen molar-refractivity contribution in [3.8, 4) is 0 Å². The van der Waals surface area contributed by atoms with Gasteiger partial charge in [0.15, 0.2) is 0 Å². The molecule has 1 saturated heterocycles. The fraction of sp³-hybridized carbons (Fsp3) is 0.318. The Hall–Kier alpha value is -2.95. The molecule has 3 atom stereocenters. The highest BCUT2D eigenvalue weighted by Crippen LogP contribution is 2.66. The predicted molar refractivity (Wildman–Crippen MR) is 103 cm³/mol. The van der Waals surface area contributed by atoms with Gasteiger partial charge in [0.25, 0.3) is 0 Å². The van der Waals surface area contributed by atoms with E-state index < -0.39 is 16.7 Å². The third-order valence-corrected chi connectivity index (χ3v) is 6.56. The smallest absolute Gasteiger partial charge is 0.241 e. The number of rotatable bonds is 3. The van der Waals surface area contributed by atoms with Gasteiger partial charge in [-0.05, 0) is 44.5 Å². The third kappa shape index (κ3) is 2.14. The number of hydrogen-bond donors (Lipinski definition) is 0. The third-order valence-electron chi connectivity index (χ3n) is 6.56. The molecule has 5 heteroatoms. The Balaban J connectivity index is 1.68.